The zero-order valence-electron chi connectivity index (χ0n) is 25.6. The molecule has 0 aliphatic carbocycles. The topological polar surface area (TPSA) is 97.4 Å². The molecular formula is C34H38FN5O5. The number of nitrogens with one attached hydrogen (secondary N) is 2. The van der Waals surface area contributed by atoms with Gasteiger partial charge in [-0.2, -0.15) is 0 Å². The number of rotatable bonds is 10. The van der Waals surface area contributed by atoms with E-state index >= 15 is 0 Å². The van der Waals surface area contributed by atoms with Gasteiger partial charge >= 0.3 is 6.03 Å². The van der Waals surface area contributed by atoms with Gasteiger partial charge in [0.1, 0.15) is 30.5 Å². The lowest BCUT2D eigenvalue weighted by Gasteiger charge is -2.32. The maximum absolute atomic E-state index is 13.2. The van der Waals surface area contributed by atoms with Gasteiger partial charge < -0.3 is 39.4 Å². The van der Waals surface area contributed by atoms with Crippen molar-refractivity contribution in [2.45, 2.75) is 19.4 Å². The molecule has 0 radical (unpaired) electrons. The summed E-state index contributed by atoms with van der Waals surface area (Å²) in [6.07, 6.45) is 2.60. The summed E-state index contributed by atoms with van der Waals surface area (Å²) < 4.78 is 37.8. The molecule has 0 bridgehead atoms. The van der Waals surface area contributed by atoms with Crippen LogP contribution >= 0.6 is 0 Å². The molecule has 3 heterocycles. The number of carbonyl (C=O) groups excluding carboxylic acids is 1. The number of halogens is 1. The average Bonchev–Trinajstić information content (AvgIpc) is 3.05. The molecule has 2 amide bonds. The predicted molar refractivity (Wildman–Crippen MR) is 170 cm³/mol. The van der Waals surface area contributed by atoms with E-state index in [4.69, 9.17) is 18.9 Å². The van der Waals surface area contributed by atoms with Gasteiger partial charge in [0.05, 0.1) is 23.6 Å². The second-order valence-electron chi connectivity index (χ2n) is 11.3. The molecule has 0 unspecified atom stereocenters. The SMILES string of the molecule is C[C@H](NC(=O)Nc1ccc(Oc2ccnc3cc(OCCCN4CCN(C)CC4)c4c(c23)OCCO4)cc1)c1ccc(F)cc1. The van der Waals surface area contributed by atoms with Crippen molar-refractivity contribution < 1.29 is 28.1 Å². The number of carbonyl (C=O) groups is 1. The van der Waals surface area contributed by atoms with Crippen molar-refractivity contribution in [1.82, 2.24) is 20.1 Å². The monoisotopic (exact) mass is 615 g/mol. The lowest BCUT2D eigenvalue weighted by Crippen LogP contribution is -2.44. The van der Waals surface area contributed by atoms with Crippen LogP contribution in [-0.2, 0) is 0 Å². The highest BCUT2D eigenvalue weighted by Crippen LogP contribution is 2.48. The Balaban J connectivity index is 1.10. The minimum Gasteiger partial charge on any atom is -0.489 e. The molecule has 6 rings (SSSR count). The third-order valence-corrected chi connectivity index (χ3v) is 7.97. The quantitative estimate of drug-likeness (QED) is 0.215. The molecule has 1 aromatic heterocycles. The predicted octanol–water partition coefficient (Wildman–Crippen LogP) is 5.84. The summed E-state index contributed by atoms with van der Waals surface area (Å²) in [6, 6.07) is 16.1. The molecule has 4 aromatic rings. The van der Waals surface area contributed by atoms with Crippen LogP contribution in [0.15, 0.2) is 66.9 Å². The number of piperazine rings is 1. The second kappa shape index (κ2) is 14.0. The van der Waals surface area contributed by atoms with Gasteiger partial charge in [-0.25, -0.2) is 9.18 Å². The number of amides is 2. The molecule has 2 aliphatic rings. The van der Waals surface area contributed by atoms with Crippen molar-refractivity contribution in [2.75, 3.05) is 64.9 Å². The van der Waals surface area contributed by atoms with Crippen LogP contribution in [0.4, 0.5) is 14.9 Å². The highest BCUT2D eigenvalue weighted by atomic mass is 19.1. The largest absolute Gasteiger partial charge is 0.489 e. The van der Waals surface area contributed by atoms with Crippen molar-refractivity contribution in [3.8, 4) is 28.7 Å². The summed E-state index contributed by atoms with van der Waals surface area (Å²) >= 11 is 0. The zero-order chi connectivity index (χ0) is 31.2. The third kappa shape index (κ3) is 7.55. The van der Waals surface area contributed by atoms with E-state index in [-0.39, 0.29) is 17.9 Å². The number of hydrogen-bond acceptors (Lipinski definition) is 8. The smallest absolute Gasteiger partial charge is 0.319 e. The summed E-state index contributed by atoms with van der Waals surface area (Å²) in [7, 11) is 2.16. The van der Waals surface area contributed by atoms with Gasteiger partial charge in [0.25, 0.3) is 0 Å². The number of fused-ring (bicyclic) bond motifs is 3. The Labute approximate surface area is 262 Å². The summed E-state index contributed by atoms with van der Waals surface area (Å²) in [5, 5.41) is 6.37. The van der Waals surface area contributed by atoms with Crippen molar-refractivity contribution in [1.29, 1.82) is 0 Å². The fraction of sp³-hybridized carbons (Fsp3) is 0.353. The second-order valence-corrected chi connectivity index (χ2v) is 11.3. The van der Waals surface area contributed by atoms with Crippen molar-refractivity contribution >= 4 is 22.6 Å². The number of pyridine rings is 1. The normalized spacial score (nSPS) is 15.8. The maximum atomic E-state index is 13.2. The van der Waals surface area contributed by atoms with Gasteiger partial charge in [-0.1, -0.05) is 12.1 Å². The van der Waals surface area contributed by atoms with Crippen LogP contribution in [0.3, 0.4) is 0 Å². The first-order valence-corrected chi connectivity index (χ1v) is 15.3. The zero-order valence-corrected chi connectivity index (χ0v) is 25.6. The Morgan fingerprint density at radius 2 is 1.71 bits per heavy atom. The van der Waals surface area contributed by atoms with Crippen LogP contribution in [0, 0.1) is 5.82 Å². The number of ether oxygens (including phenoxy) is 4. The van der Waals surface area contributed by atoms with Crippen molar-refractivity contribution in [2.24, 2.45) is 0 Å². The molecule has 0 saturated carbocycles. The molecule has 10 nitrogen and oxygen atoms in total. The Morgan fingerprint density at radius 3 is 2.47 bits per heavy atom. The molecule has 2 N–H and O–H groups in total. The highest BCUT2D eigenvalue weighted by Gasteiger charge is 2.25. The molecule has 3 aromatic carbocycles. The Kier molecular flexibility index (Phi) is 9.46. The fourth-order valence-corrected chi connectivity index (χ4v) is 5.44. The van der Waals surface area contributed by atoms with E-state index in [1.165, 1.54) is 12.1 Å². The van der Waals surface area contributed by atoms with Crippen LogP contribution in [0.2, 0.25) is 0 Å². The fourth-order valence-electron chi connectivity index (χ4n) is 5.44. The average molecular weight is 616 g/mol. The minimum atomic E-state index is -0.373. The van der Waals surface area contributed by atoms with Crippen molar-refractivity contribution in [3.63, 3.8) is 0 Å². The van der Waals surface area contributed by atoms with Gasteiger partial charge in [-0.15, -0.1) is 0 Å². The van der Waals surface area contributed by atoms with E-state index in [0.717, 1.165) is 44.7 Å². The molecule has 2 aliphatic heterocycles. The number of likely N-dealkylation sites (N-methyl/N-ethyl adjacent to an activating group) is 1. The number of nitrogens with zero attached hydrogens (tertiary/aromatic N) is 3. The lowest BCUT2D eigenvalue weighted by molar-refractivity contribution is 0.142. The molecule has 236 valence electrons. The molecule has 1 saturated heterocycles. The van der Waals surface area contributed by atoms with Crippen LogP contribution in [0.5, 0.6) is 28.7 Å². The van der Waals surface area contributed by atoms with E-state index in [2.05, 4.69) is 32.5 Å². The van der Waals surface area contributed by atoms with Crippen LogP contribution in [-0.4, -0.2) is 80.4 Å². The molecule has 45 heavy (non-hydrogen) atoms. The Morgan fingerprint density at radius 1 is 0.978 bits per heavy atom. The number of anilines is 1. The molecule has 0 spiro atoms. The number of hydrogen-bond donors (Lipinski definition) is 2. The first kappa shape index (κ1) is 30.4. The van der Waals surface area contributed by atoms with Gasteiger partial charge in [0, 0.05) is 50.7 Å². The lowest BCUT2D eigenvalue weighted by atomic mass is 10.1. The molecular weight excluding hydrogens is 577 g/mol. The van der Waals surface area contributed by atoms with Crippen molar-refractivity contribution in [3.05, 3.63) is 78.2 Å². The number of aromatic nitrogens is 1. The van der Waals surface area contributed by atoms with E-state index in [9.17, 15) is 9.18 Å². The van der Waals surface area contributed by atoms with Gasteiger partial charge in [0.15, 0.2) is 11.5 Å². The molecule has 1 atom stereocenters. The van der Waals surface area contributed by atoms with Crippen LogP contribution < -0.4 is 29.6 Å². The number of benzene rings is 3. The molecule has 1 fully saturated rings. The van der Waals surface area contributed by atoms with E-state index in [0.29, 0.717) is 65.2 Å². The maximum Gasteiger partial charge on any atom is 0.319 e. The van der Waals surface area contributed by atoms with E-state index < -0.39 is 0 Å². The first-order chi connectivity index (χ1) is 21.9. The van der Waals surface area contributed by atoms with Gasteiger partial charge in [-0.05, 0) is 68.4 Å². The Bertz CT molecular complexity index is 1610. The first-order valence-electron chi connectivity index (χ1n) is 15.3. The summed E-state index contributed by atoms with van der Waals surface area (Å²) in [6.45, 7) is 8.58. The van der Waals surface area contributed by atoms with Gasteiger partial charge in [0.2, 0.25) is 5.75 Å². The summed E-state index contributed by atoms with van der Waals surface area (Å²) in [5.41, 5.74) is 2.07. The minimum absolute atomic E-state index is 0.293. The van der Waals surface area contributed by atoms with Crippen LogP contribution in [0.25, 0.3) is 10.9 Å². The van der Waals surface area contributed by atoms with E-state index in [1.807, 2.05) is 13.0 Å². The standard InChI is InChI=1S/C34H38FN5O5/c1-23(24-4-6-25(35)7-5-24)37-34(41)38-26-8-10-27(11-9-26)45-29-12-13-36-28-22-30(32-33(31(28)29)44-21-20-43-32)42-19-3-14-40-17-15-39(2)16-18-40/h4-13,22-23H,3,14-21H2,1-2H3,(H2,37,38,41)/t23-/m0/s1. The van der Waals surface area contributed by atoms with Gasteiger partial charge in [-0.3, -0.25) is 4.98 Å². The summed E-state index contributed by atoms with van der Waals surface area (Å²) in [5.74, 6) is 2.55. The third-order valence-electron chi connectivity index (χ3n) is 7.97. The highest BCUT2D eigenvalue weighted by molar-refractivity contribution is 5.95. The van der Waals surface area contributed by atoms with Crippen LogP contribution in [0.1, 0.15) is 24.9 Å². The number of urea groups is 1. The van der Waals surface area contributed by atoms with E-state index in [1.54, 1.807) is 48.7 Å². The Hall–Kier alpha value is -4.61. The molecule has 11 heteroatoms. The summed E-state index contributed by atoms with van der Waals surface area (Å²) in [4.78, 5) is 21.9.